The first-order valence-electron chi connectivity index (χ1n) is 14.9. The molecule has 0 bridgehead atoms. The zero-order valence-electron chi connectivity index (χ0n) is 25.6. The van der Waals surface area contributed by atoms with Crippen LogP contribution in [-0.2, 0) is 0 Å². The molecule has 40 heavy (non-hydrogen) atoms. The van der Waals surface area contributed by atoms with E-state index in [0.29, 0.717) is 17.4 Å². The first-order valence-corrected chi connectivity index (χ1v) is 15.2. The lowest BCUT2D eigenvalue weighted by Gasteiger charge is -2.49. The summed E-state index contributed by atoms with van der Waals surface area (Å²) in [6.07, 6.45) is 21.5. The highest BCUT2D eigenvalue weighted by Gasteiger charge is 2.40. The Morgan fingerprint density at radius 2 is 1.77 bits per heavy atom. The Balaban J connectivity index is 0. The first kappa shape index (κ1) is 41.4. The summed E-state index contributed by atoms with van der Waals surface area (Å²) in [6, 6.07) is 0.583. The van der Waals surface area contributed by atoms with Crippen LogP contribution in [0.3, 0.4) is 0 Å². The van der Waals surface area contributed by atoms with Crippen LogP contribution >= 0.6 is 11.6 Å². The van der Waals surface area contributed by atoms with Crippen molar-refractivity contribution in [1.29, 1.82) is 0 Å². The molecule has 1 saturated heterocycles. The fourth-order valence-corrected chi connectivity index (χ4v) is 7.98. The number of hydrogen-bond donors (Lipinski definition) is 2. The van der Waals surface area contributed by atoms with E-state index in [4.69, 9.17) is 11.6 Å². The van der Waals surface area contributed by atoms with Gasteiger partial charge in [0.15, 0.2) is 0 Å². The number of nitrogens with zero attached hydrogens (tertiary/aromatic N) is 1. The molecule has 1 aliphatic heterocycles. The molecule has 0 saturated carbocycles. The van der Waals surface area contributed by atoms with Gasteiger partial charge in [0.2, 0.25) is 0 Å². The second-order valence-electron chi connectivity index (χ2n) is 13.6. The smallest absolute Gasteiger partial charge is 0.0218 e. The van der Waals surface area contributed by atoms with Crippen LogP contribution in [0.25, 0.3) is 0 Å². The topological polar surface area (TPSA) is 145 Å². The number of allylic oxidation sites excluding steroid dienone is 6. The molecule has 1 fully saturated rings. The summed E-state index contributed by atoms with van der Waals surface area (Å²) in [4.78, 5) is 2.78. The van der Waals surface area contributed by atoms with E-state index in [2.05, 4.69) is 69.1 Å². The second kappa shape index (κ2) is 18.7. The Kier molecular flexibility index (Phi) is 19.4. The molecule has 10 N–H and O–H groups in total. The van der Waals surface area contributed by atoms with Crippen molar-refractivity contribution < 1.29 is 16.4 Å². The highest BCUT2D eigenvalue weighted by Crippen LogP contribution is 2.45. The predicted octanol–water partition coefficient (Wildman–Crippen LogP) is 6.52. The fourth-order valence-electron chi connectivity index (χ4n) is 7.79. The average molecular weight is 588 g/mol. The second-order valence-corrected chi connectivity index (χ2v) is 14.0. The maximum Gasteiger partial charge on any atom is 0.0218 e. The minimum Gasteiger partial charge on any atom is -0.412 e. The van der Waals surface area contributed by atoms with Crippen LogP contribution in [0.2, 0.25) is 0 Å². The Labute approximate surface area is 252 Å². The zero-order chi connectivity index (χ0) is 25.0. The van der Waals surface area contributed by atoms with Crippen molar-refractivity contribution in [3.63, 3.8) is 0 Å². The van der Waals surface area contributed by atoms with Gasteiger partial charge in [-0.25, -0.2) is 0 Å². The van der Waals surface area contributed by atoms with Crippen molar-refractivity contribution >= 4 is 11.6 Å². The van der Waals surface area contributed by atoms with Crippen molar-refractivity contribution in [3.8, 4) is 0 Å². The van der Waals surface area contributed by atoms with Gasteiger partial charge in [-0.15, -0.1) is 0 Å². The van der Waals surface area contributed by atoms with Gasteiger partial charge in [0.1, 0.15) is 0 Å². The molecule has 0 radical (unpaired) electrons. The monoisotopic (exact) mass is 587 g/mol. The van der Waals surface area contributed by atoms with Gasteiger partial charge in [0, 0.05) is 24.2 Å². The van der Waals surface area contributed by atoms with Crippen LogP contribution in [0.1, 0.15) is 99.8 Å². The van der Waals surface area contributed by atoms with Gasteiger partial charge in [-0.3, -0.25) is 0 Å². The quantitative estimate of drug-likeness (QED) is 0.311. The first-order chi connectivity index (χ1) is 16.7. The van der Waals surface area contributed by atoms with E-state index in [-0.39, 0.29) is 30.0 Å². The maximum atomic E-state index is 6.28. The normalized spacial score (nSPS) is 30.6. The molecule has 6 atom stereocenters. The summed E-state index contributed by atoms with van der Waals surface area (Å²) in [5.41, 5.74) is 2.00. The number of rotatable bonds is 8. The maximum absolute atomic E-state index is 6.28. The SMILES string of the molecule is C.CC1=CC(C2C=CCC(CN[C@@H](CN3CC[C@H](C4CC=C(Cl)CC4)C(C)(C)C3)C(C)C)C2)CCC1.N.O.O.O. The Hall–Kier alpha value is -0.730. The van der Waals surface area contributed by atoms with E-state index < -0.39 is 0 Å². The van der Waals surface area contributed by atoms with E-state index in [1.807, 2.05) is 0 Å². The summed E-state index contributed by atoms with van der Waals surface area (Å²) < 4.78 is 0. The van der Waals surface area contributed by atoms with E-state index in [9.17, 15) is 0 Å². The molecular formula is C33H66ClN3O3. The Morgan fingerprint density at radius 3 is 2.38 bits per heavy atom. The minimum absolute atomic E-state index is 0. The summed E-state index contributed by atoms with van der Waals surface area (Å²) in [5, 5.41) is 5.15. The fraction of sp³-hybridized carbons (Fsp3) is 0.818. The van der Waals surface area contributed by atoms with Crippen LogP contribution in [-0.4, -0.2) is 53.5 Å². The Bertz CT molecular complexity index is 798. The largest absolute Gasteiger partial charge is 0.412 e. The highest BCUT2D eigenvalue weighted by molar-refractivity contribution is 6.29. The molecule has 4 unspecified atom stereocenters. The van der Waals surface area contributed by atoms with Crippen LogP contribution < -0.4 is 11.5 Å². The minimum atomic E-state index is 0. The van der Waals surface area contributed by atoms with Crippen LogP contribution in [0.15, 0.2) is 34.9 Å². The Morgan fingerprint density at radius 1 is 1.05 bits per heavy atom. The van der Waals surface area contributed by atoms with Crippen molar-refractivity contribution in [2.24, 2.45) is 40.9 Å². The summed E-state index contributed by atoms with van der Waals surface area (Å²) in [7, 11) is 0. The third-order valence-electron chi connectivity index (χ3n) is 9.90. The number of piperidine rings is 1. The molecule has 6 nitrogen and oxygen atoms in total. The molecule has 4 aliphatic rings. The van der Waals surface area contributed by atoms with Crippen molar-refractivity contribution in [2.75, 3.05) is 26.2 Å². The summed E-state index contributed by atoms with van der Waals surface area (Å²) >= 11 is 6.28. The van der Waals surface area contributed by atoms with Gasteiger partial charge in [-0.2, -0.15) is 0 Å². The van der Waals surface area contributed by atoms with Crippen molar-refractivity contribution in [2.45, 2.75) is 106 Å². The lowest BCUT2D eigenvalue weighted by atomic mass is 9.65. The molecule has 0 aromatic heterocycles. The number of likely N-dealkylation sites (tertiary alicyclic amines) is 1. The van der Waals surface area contributed by atoms with Crippen molar-refractivity contribution in [3.05, 3.63) is 34.9 Å². The van der Waals surface area contributed by atoms with Crippen LogP contribution in [0.4, 0.5) is 0 Å². The molecule has 0 amide bonds. The molecule has 0 aromatic carbocycles. The van der Waals surface area contributed by atoms with Gasteiger partial charge < -0.3 is 32.8 Å². The van der Waals surface area contributed by atoms with E-state index in [1.165, 1.54) is 77.5 Å². The number of nitrogens with one attached hydrogen (secondary N) is 1. The molecule has 0 aromatic rings. The van der Waals surface area contributed by atoms with E-state index >= 15 is 0 Å². The standard InChI is InChI=1S/C32H53ClN2.CH4.H3N.3H2O/c1-23(2)31(34-20-25-9-7-11-28(19-25)27-10-6-8-24(3)18-27)21-35-17-16-30(32(4,5)22-35)26-12-14-29(33)15-13-26;;;;;/h7,11,14,18,23,25-28,30-31,34H,6,8-10,12-13,15-17,19-22H2,1-5H3;1H4;1H3;3*1H2/t25?,26?,27?,28?,30-,31+;;;;;/m1...../s1. The highest BCUT2D eigenvalue weighted by atomic mass is 35.5. The zero-order valence-corrected chi connectivity index (χ0v) is 26.3. The molecular weight excluding hydrogens is 522 g/mol. The lowest BCUT2D eigenvalue weighted by molar-refractivity contribution is 0.0115. The molecule has 3 aliphatic carbocycles. The van der Waals surface area contributed by atoms with E-state index in [0.717, 1.165) is 41.0 Å². The van der Waals surface area contributed by atoms with Gasteiger partial charge in [0.25, 0.3) is 0 Å². The van der Waals surface area contributed by atoms with Gasteiger partial charge in [0.05, 0.1) is 0 Å². The average Bonchev–Trinajstić information content (AvgIpc) is 2.82. The van der Waals surface area contributed by atoms with Crippen molar-refractivity contribution in [1.82, 2.24) is 16.4 Å². The number of halogens is 1. The molecule has 7 heteroatoms. The summed E-state index contributed by atoms with van der Waals surface area (Å²) in [6.45, 7) is 17.1. The van der Waals surface area contributed by atoms with Gasteiger partial charge >= 0.3 is 0 Å². The molecule has 4 rings (SSSR count). The third-order valence-corrected chi connectivity index (χ3v) is 10.2. The number of hydrogen-bond acceptors (Lipinski definition) is 3. The molecule has 1 heterocycles. The van der Waals surface area contributed by atoms with Crippen LogP contribution in [0, 0.1) is 40.9 Å². The third kappa shape index (κ3) is 11.2. The molecule has 238 valence electrons. The van der Waals surface area contributed by atoms with Crippen LogP contribution in [0.5, 0.6) is 0 Å². The molecule has 0 spiro atoms. The lowest BCUT2D eigenvalue weighted by Crippen LogP contribution is -2.53. The van der Waals surface area contributed by atoms with E-state index in [1.54, 1.807) is 5.57 Å². The van der Waals surface area contributed by atoms with Gasteiger partial charge in [-0.05, 0) is 119 Å². The van der Waals surface area contributed by atoms with Gasteiger partial charge in [-0.1, -0.05) is 76.6 Å². The summed E-state index contributed by atoms with van der Waals surface area (Å²) in [5.74, 6) is 4.64. The predicted molar refractivity (Wildman–Crippen MR) is 175 cm³/mol.